The van der Waals surface area contributed by atoms with Crippen molar-refractivity contribution in [3.05, 3.63) is 58.5 Å². The van der Waals surface area contributed by atoms with Crippen LogP contribution >= 0.6 is 11.8 Å². The molecule has 2 aromatic heterocycles. The van der Waals surface area contributed by atoms with Gasteiger partial charge in [-0.05, 0) is 49.4 Å². The lowest BCUT2D eigenvalue weighted by Gasteiger charge is -2.21. The van der Waals surface area contributed by atoms with Gasteiger partial charge >= 0.3 is 0 Å². The number of fused-ring (bicyclic) bond motifs is 3. The second-order valence-electron chi connectivity index (χ2n) is 5.48. The predicted octanol–water partition coefficient (Wildman–Crippen LogP) is 3.43. The highest BCUT2D eigenvalue weighted by Gasteiger charge is 2.22. The van der Waals surface area contributed by atoms with Crippen LogP contribution in [0.4, 0.5) is 0 Å². The van der Waals surface area contributed by atoms with Crippen LogP contribution in [0.15, 0.2) is 52.3 Å². The highest BCUT2D eigenvalue weighted by molar-refractivity contribution is 7.98. The quantitative estimate of drug-likeness (QED) is 0.678. The van der Waals surface area contributed by atoms with E-state index in [0.717, 1.165) is 34.4 Å². The Morgan fingerprint density at radius 1 is 1.26 bits per heavy atom. The second kappa shape index (κ2) is 5.74. The fourth-order valence-corrected chi connectivity index (χ4v) is 3.49. The van der Waals surface area contributed by atoms with E-state index in [1.165, 1.54) is 0 Å². The molecule has 1 aliphatic rings. The monoisotopic (exact) mass is 324 g/mol. The molecule has 1 aliphatic heterocycles. The summed E-state index contributed by atoms with van der Waals surface area (Å²) in [5.41, 5.74) is 2.23. The molecule has 4 rings (SSSR count). The third kappa shape index (κ3) is 2.32. The summed E-state index contributed by atoms with van der Waals surface area (Å²) in [4.78, 5) is 18.6. The lowest BCUT2D eigenvalue weighted by molar-refractivity contribution is 0.290. The molecule has 0 bridgehead atoms. The highest BCUT2D eigenvalue weighted by atomic mass is 32.2. The summed E-state index contributed by atoms with van der Waals surface area (Å²) in [6, 6.07) is 11.8. The SMILES string of the molecule is CSc1cccc(-n2c(=O)c3c(c4cccnc42)OCCC3)c1. The Morgan fingerprint density at radius 3 is 3.04 bits per heavy atom. The van der Waals surface area contributed by atoms with Gasteiger partial charge in [0.25, 0.3) is 5.56 Å². The van der Waals surface area contributed by atoms with Crippen molar-refractivity contribution in [2.45, 2.75) is 17.7 Å². The maximum atomic E-state index is 13.1. The van der Waals surface area contributed by atoms with Crippen LogP contribution in [-0.2, 0) is 6.42 Å². The van der Waals surface area contributed by atoms with E-state index in [2.05, 4.69) is 4.98 Å². The number of hydrogen-bond donors (Lipinski definition) is 0. The van der Waals surface area contributed by atoms with E-state index in [4.69, 9.17) is 4.74 Å². The summed E-state index contributed by atoms with van der Waals surface area (Å²) in [5.74, 6) is 0.710. The van der Waals surface area contributed by atoms with Crippen LogP contribution in [0.5, 0.6) is 5.75 Å². The lowest BCUT2D eigenvalue weighted by Crippen LogP contribution is -2.27. The van der Waals surface area contributed by atoms with Gasteiger partial charge in [0.1, 0.15) is 5.75 Å². The van der Waals surface area contributed by atoms with Crippen molar-refractivity contribution in [3.8, 4) is 11.4 Å². The number of rotatable bonds is 2. The molecule has 3 aromatic rings. The largest absolute Gasteiger partial charge is 0.492 e. The first kappa shape index (κ1) is 14.3. The minimum Gasteiger partial charge on any atom is -0.492 e. The van der Waals surface area contributed by atoms with Crippen molar-refractivity contribution in [2.24, 2.45) is 0 Å². The molecule has 0 saturated carbocycles. The van der Waals surface area contributed by atoms with Gasteiger partial charge < -0.3 is 4.74 Å². The van der Waals surface area contributed by atoms with Crippen LogP contribution in [0, 0.1) is 0 Å². The number of aromatic nitrogens is 2. The molecule has 3 heterocycles. The fraction of sp³-hybridized carbons (Fsp3) is 0.222. The normalized spacial score (nSPS) is 13.6. The first-order valence-corrected chi connectivity index (χ1v) is 8.82. The lowest BCUT2D eigenvalue weighted by atomic mass is 10.1. The Morgan fingerprint density at radius 2 is 2.17 bits per heavy atom. The first-order valence-electron chi connectivity index (χ1n) is 7.59. The second-order valence-corrected chi connectivity index (χ2v) is 6.36. The van der Waals surface area contributed by atoms with Gasteiger partial charge in [0, 0.05) is 11.1 Å². The number of benzene rings is 1. The minimum absolute atomic E-state index is 0.0239. The number of hydrogen-bond acceptors (Lipinski definition) is 4. The zero-order chi connectivity index (χ0) is 15.8. The summed E-state index contributed by atoms with van der Waals surface area (Å²) in [7, 11) is 0. The summed E-state index contributed by atoms with van der Waals surface area (Å²) in [5, 5.41) is 0.899. The van der Waals surface area contributed by atoms with E-state index in [9.17, 15) is 4.79 Å². The molecule has 0 spiro atoms. The molecule has 0 saturated heterocycles. The number of ether oxygens (including phenoxy) is 1. The third-order valence-electron chi connectivity index (χ3n) is 4.11. The van der Waals surface area contributed by atoms with Crippen molar-refractivity contribution in [1.82, 2.24) is 9.55 Å². The van der Waals surface area contributed by atoms with Gasteiger partial charge in [0.05, 0.1) is 23.2 Å². The summed E-state index contributed by atoms with van der Waals surface area (Å²) < 4.78 is 7.51. The van der Waals surface area contributed by atoms with E-state index >= 15 is 0 Å². The molecule has 0 atom stereocenters. The van der Waals surface area contributed by atoms with Gasteiger partial charge in [-0.25, -0.2) is 4.98 Å². The Balaban J connectivity index is 2.10. The van der Waals surface area contributed by atoms with Crippen LogP contribution in [0.2, 0.25) is 0 Å². The molecular formula is C18H16N2O2S. The molecular weight excluding hydrogens is 308 g/mol. The zero-order valence-corrected chi connectivity index (χ0v) is 13.6. The smallest absolute Gasteiger partial charge is 0.263 e. The first-order chi connectivity index (χ1) is 11.3. The molecule has 0 radical (unpaired) electrons. The number of pyridine rings is 2. The molecule has 0 unspecified atom stereocenters. The van der Waals surface area contributed by atoms with Crippen LogP contribution in [-0.4, -0.2) is 22.4 Å². The molecule has 0 aliphatic carbocycles. The average Bonchev–Trinajstić information content (AvgIpc) is 2.62. The molecule has 1 aromatic carbocycles. The zero-order valence-electron chi connectivity index (χ0n) is 12.8. The minimum atomic E-state index is -0.0239. The molecule has 0 fully saturated rings. The van der Waals surface area contributed by atoms with Crippen LogP contribution in [0.1, 0.15) is 12.0 Å². The maximum Gasteiger partial charge on any atom is 0.263 e. The van der Waals surface area contributed by atoms with Gasteiger partial charge in [0.2, 0.25) is 0 Å². The highest BCUT2D eigenvalue weighted by Crippen LogP contribution is 2.31. The van der Waals surface area contributed by atoms with E-state index in [1.807, 2.05) is 42.7 Å². The van der Waals surface area contributed by atoms with Gasteiger partial charge in [0.15, 0.2) is 5.65 Å². The average molecular weight is 324 g/mol. The Hall–Kier alpha value is -2.27. The summed E-state index contributed by atoms with van der Waals surface area (Å²) in [6.45, 7) is 0.655. The van der Waals surface area contributed by atoms with Gasteiger partial charge in [-0.15, -0.1) is 11.8 Å². The molecule has 4 nitrogen and oxygen atoms in total. The van der Waals surface area contributed by atoms with E-state index < -0.39 is 0 Å². The Labute approximate surface area is 138 Å². The van der Waals surface area contributed by atoms with Crippen molar-refractivity contribution < 1.29 is 4.74 Å². The van der Waals surface area contributed by atoms with Gasteiger partial charge in [-0.2, -0.15) is 0 Å². The van der Waals surface area contributed by atoms with Crippen LogP contribution in [0.25, 0.3) is 16.7 Å². The molecule has 0 amide bonds. The molecule has 0 N–H and O–H groups in total. The van der Waals surface area contributed by atoms with Gasteiger partial charge in [-0.3, -0.25) is 9.36 Å². The van der Waals surface area contributed by atoms with E-state index in [0.29, 0.717) is 18.0 Å². The molecule has 5 heteroatoms. The number of nitrogens with zero attached hydrogens (tertiary/aromatic N) is 2. The standard InChI is InChI=1S/C18H16N2O2S/c1-23-13-6-2-5-12(11-13)20-17-14(7-3-9-19-17)16-15(18(20)21)8-4-10-22-16/h2-3,5-7,9,11H,4,8,10H2,1H3. The van der Waals surface area contributed by atoms with Crippen molar-refractivity contribution in [2.75, 3.05) is 12.9 Å². The fourth-order valence-electron chi connectivity index (χ4n) is 3.04. The summed E-state index contributed by atoms with van der Waals surface area (Å²) in [6.07, 6.45) is 5.37. The molecule has 116 valence electrons. The van der Waals surface area contributed by atoms with Crippen molar-refractivity contribution >= 4 is 22.8 Å². The predicted molar refractivity (Wildman–Crippen MR) is 92.9 cm³/mol. The van der Waals surface area contributed by atoms with E-state index in [-0.39, 0.29) is 5.56 Å². The van der Waals surface area contributed by atoms with Gasteiger partial charge in [-0.1, -0.05) is 6.07 Å². The number of thioether (sulfide) groups is 1. The van der Waals surface area contributed by atoms with Crippen LogP contribution < -0.4 is 10.3 Å². The van der Waals surface area contributed by atoms with Crippen LogP contribution in [0.3, 0.4) is 0 Å². The van der Waals surface area contributed by atoms with Crippen molar-refractivity contribution in [1.29, 1.82) is 0 Å². The van der Waals surface area contributed by atoms with E-state index in [1.54, 1.807) is 22.5 Å². The molecule has 23 heavy (non-hydrogen) atoms. The summed E-state index contributed by atoms with van der Waals surface area (Å²) >= 11 is 1.66. The third-order valence-corrected chi connectivity index (χ3v) is 4.83. The topological polar surface area (TPSA) is 44.1 Å². The Bertz CT molecular complexity index is 949. The Kier molecular flexibility index (Phi) is 3.58. The maximum absolute atomic E-state index is 13.1. The van der Waals surface area contributed by atoms with Crippen molar-refractivity contribution in [3.63, 3.8) is 0 Å².